The van der Waals surface area contributed by atoms with E-state index in [1.165, 1.54) is 12.4 Å². The van der Waals surface area contributed by atoms with Crippen LogP contribution < -0.4 is 5.32 Å². The van der Waals surface area contributed by atoms with Crippen molar-refractivity contribution in [2.75, 3.05) is 7.05 Å². The van der Waals surface area contributed by atoms with Crippen LogP contribution in [0.4, 0.5) is 13.2 Å². The maximum absolute atomic E-state index is 13.4. The third kappa shape index (κ3) is 2.97. The monoisotopic (exact) mass is 339 g/mol. The summed E-state index contributed by atoms with van der Waals surface area (Å²) in [5.74, 6) is -0.431. The summed E-state index contributed by atoms with van der Waals surface area (Å²) in [4.78, 5) is 16.3. The summed E-state index contributed by atoms with van der Waals surface area (Å²) in [6.45, 7) is 0. The summed E-state index contributed by atoms with van der Waals surface area (Å²) in [5, 5.41) is 3.87. The first-order chi connectivity index (χ1) is 10.9. The largest absolute Gasteiger partial charge is 0.417 e. The molecule has 0 bridgehead atoms. The lowest BCUT2D eigenvalue weighted by Gasteiger charge is -2.15. The summed E-state index contributed by atoms with van der Waals surface area (Å²) in [6, 6.07) is 1.10. The Morgan fingerprint density at radius 2 is 2.17 bits per heavy atom. The molecule has 0 aliphatic heterocycles. The Labute approximate surface area is 135 Å². The van der Waals surface area contributed by atoms with Crippen molar-refractivity contribution in [3.05, 3.63) is 40.8 Å². The van der Waals surface area contributed by atoms with Crippen molar-refractivity contribution < 1.29 is 18.0 Å². The van der Waals surface area contributed by atoms with Gasteiger partial charge in [0, 0.05) is 12.4 Å². The van der Waals surface area contributed by atoms with E-state index < -0.39 is 17.6 Å². The van der Waals surface area contributed by atoms with Gasteiger partial charge in [0.25, 0.3) is 5.91 Å². The molecule has 1 amide bonds. The number of fused-ring (bicyclic) bond motifs is 1. The predicted molar refractivity (Wildman–Crippen MR) is 84.1 cm³/mol. The molecule has 2 aromatic rings. The zero-order chi connectivity index (χ0) is 16.6. The van der Waals surface area contributed by atoms with Gasteiger partial charge in [-0.25, -0.2) is 4.98 Å². The minimum absolute atomic E-state index is 0.00261. The summed E-state index contributed by atoms with van der Waals surface area (Å²) in [7, 11) is 1.44. The topological polar surface area (TPSA) is 42.0 Å². The van der Waals surface area contributed by atoms with Gasteiger partial charge in [-0.05, 0) is 37.3 Å². The zero-order valence-corrected chi connectivity index (χ0v) is 13.1. The van der Waals surface area contributed by atoms with E-state index in [1.54, 1.807) is 0 Å². The van der Waals surface area contributed by atoms with Gasteiger partial charge in [-0.3, -0.25) is 4.79 Å². The highest BCUT2D eigenvalue weighted by molar-refractivity contribution is 7.17. The molecular formula is C16H14F3N2OS. The van der Waals surface area contributed by atoms with Crippen LogP contribution in [0.3, 0.4) is 0 Å². The lowest BCUT2D eigenvalue weighted by atomic mass is 9.96. The number of hydrogen-bond acceptors (Lipinski definition) is 3. The molecule has 23 heavy (non-hydrogen) atoms. The van der Waals surface area contributed by atoms with Crippen molar-refractivity contribution in [1.82, 2.24) is 10.3 Å². The Balaban J connectivity index is 2.26. The number of alkyl halides is 3. The van der Waals surface area contributed by atoms with Gasteiger partial charge in [-0.15, -0.1) is 11.3 Å². The normalized spacial score (nSPS) is 15.6. The minimum Gasteiger partial charge on any atom is -0.355 e. The molecule has 0 atom stereocenters. The van der Waals surface area contributed by atoms with Gasteiger partial charge < -0.3 is 5.32 Å². The van der Waals surface area contributed by atoms with Crippen molar-refractivity contribution in [2.24, 2.45) is 0 Å². The fourth-order valence-corrected chi connectivity index (χ4v) is 3.64. The SMILES string of the molecule is CNC(=O)c1csc2c(C(F)(F)F)cc(C3=CC[CH]CC3)nc12. The third-order valence-electron chi connectivity index (χ3n) is 3.78. The lowest BCUT2D eigenvalue weighted by molar-refractivity contribution is -0.136. The van der Waals surface area contributed by atoms with Crippen LogP contribution in [0.15, 0.2) is 17.5 Å². The molecule has 1 aliphatic carbocycles. The first-order valence-corrected chi connectivity index (χ1v) is 8.02. The van der Waals surface area contributed by atoms with Gasteiger partial charge in [0.2, 0.25) is 0 Å². The number of rotatable bonds is 2. The smallest absolute Gasteiger partial charge is 0.355 e. The fraction of sp³-hybridized carbons (Fsp3) is 0.312. The quantitative estimate of drug-likeness (QED) is 0.878. The van der Waals surface area contributed by atoms with E-state index in [9.17, 15) is 18.0 Å². The number of amides is 1. The van der Waals surface area contributed by atoms with Crippen LogP contribution in [0.1, 0.15) is 40.9 Å². The van der Waals surface area contributed by atoms with Crippen LogP contribution >= 0.6 is 11.3 Å². The Hall–Kier alpha value is -1.89. The van der Waals surface area contributed by atoms with E-state index in [2.05, 4.69) is 16.7 Å². The van der Waals surface area contributed by atoms with E-state index in [4.69, 9.17) is 0 Å². The molecule has 3 rings (SSSR count). The standard InChI is InChI=1S/C16H14F3N2OS/c1-20-15(22)10-8-23-14-11(16(17,18)19)7-12(21-13(10)14)9-5-3-2-4-6-9/h2,5,7-8H,3-4,6H2,1H3,(H,20,22). The molecule has 0 fully saturated rings. The van der Waals surface area contributed by atoms with Crippen LogP contribution in [0, 0.1) is 6.42 Å². The van der Waals surface area contributed by atoms with Crippen LogP contribution in [0.5, 0.6) is 0 Å². The summed E-state index contributed by atoms with van der Waals surface area (Å²) in [6.07, 6.45) is 1.69. The molecule has 0 aromatic carbocycles. The molecule has 2 heterocycles. The molecular weight excluding hydrogens is 325 g/mol. The third-order valence-corrected chi connectivity index (χ3v) is 4.78. The average molecular weight is 339 g/mol. The number of hydrogen-bond donors (Lipinski definition) is 1. The molecule has 3 nitrogen and oxygen atoms in total. The van der Waals surface area contributed by atoms with Crippen molar-refractivity contribution in [1.29, 1.82) is 0 Å². The first-order valence-electron chi connectivity index (χ1n) is 7.14. The highest BCUT2D eigenvalue weighted by atomic mass is 32.1. The highest BCUT2D eigenvalue weighted by Gasteiger charge is 2.35. The molecule has 0 spiro atoms. The minimum atomic E-state index is -4.48. The molecule has 0 saturated heterocycles. The van der Waals surface area contributed by atoms with Crippen LogP contribution in [-0.4, -0.2) is 17.9 Å². The second kappa shape index (κ2) is 5.96. The first kappa shape index (κ1) is 16.0. The second-order valence-corrected chi connectivity index (χ2v) is 6.13. The van der Waals surface area contributed by atoms with E-state index in [1.807, 2.05) is 6.08 Å². The summed E-state index contributed by atoms with van der Waals surface area (Å²) in [5.41, 5.74) is 0.681. The number of nitrogens with zero attached hydrogens (tertiary/aromatic N) is 1. The van der Waals surface area contributed by atoms with Crippen LogP contribution in [-0.2, 0) is 6.18 Å². The molecule has 2 aromatic heterocycles. The van der Waals surface area contributed by atoms with Gasteiger partial charge >= 0.3 is 6.18 Å². The van der Waals surface area contributed by atoms with Gasteiger partial charge in [-0.1, -0.05) is 6.08 Å². The highest BCUT2D eigenvalue weighted by Crippen LogP contribution is 2.40. The number of halogens is 3. The number of nitrogens with one attached hydrogen (secondary N) is 1. The van der Waals surface area contributed by atoms with Crippen molar-refractivity contribution in [3.63, 3.8) is 0 Å². The maximum atomic E-state index is 13.4. The van der Waals surface area contributed by atoms with Gasteiger partial charge in [-0.2, -0.15) is 13.2 Å². The second-order valence-electron chi connectivity index (χ2n) is 5.25. The summed E-state index contributed by atoms with van der Waals surface area (Å²) >= 11 is 0.898. The predicted octanol–water partition coefficient (Wildman–Crippen LogP) is 4.45. The van der Waals surface area contributed by atoms with Gasteiger partial charge in [0.1, 0.15) is 0 Å². The molecule has 121 valence electrons. The molecule has 1 aliphatic rings. The van der Waals surface area contributed by atoms with Crippen molar-refractivity contribution in [2.45, 2.75) is 25.4 Å². The van der Waals surface area contributed by atoms with Gasteiger partial charge in [0.05, 0.1) is 27.0 Å². The van der Waals surface area contributed by atoms with Crippen LogP contribution in [0.25, 0.3) is 15.8 Å². The van der Waals surface area contributed by atoms with E-state index in [0.717, 1.165) is 35.8 Å². The lowest BCUT2D eigenvalue weighted by Crippen LogP contribution is -2.17. The Bertz CT molecular complexity index is 792. The fourth-order valence-electron chi connectivity index (χ4n) is 2.62. The molecule has 0 unspecified atom stereocenters. The summed E-state index contributed by atoms with van der Waals surface area (Å²) < 4.78 is 40.2. The van der Waals surface area contributed by atoms with Crippen molar-refractivity contribution >= 4 is 33.0 Å². The number of thiophene rings is 1. The van der Waals surface area contributed by atoms with Crippen LogP contribution in [0.2, 0.25) is 0 Å². The number of carbonyl (C=O) groups excluding carboxylic acids is 1. The van der Waals surface area contributed by atoms with Crippen molar-refractivity contribution in [3.8, 4) is 0 Å². The Kier molecular flexibility index (Phi) is 4.14. The molecule has 1 radical (unpaired) electrons. The average Bonchev–Trinajstić information content (AvgIpc) is 2.97. The Morgan fingerprint density at radius 3 is 2.78 bits per heavy atom. The van der Waals surface area contributed by atoms with E-state index in [-0.39, 0.29) is 15.8 Å². The molecule has 1 N–H and O–H groups in total. The number of pyridine rings is 1. The van der Waals surface area contributed by atoms with E-state index >= 15 is 0 Å². The number of allylic oxidation sites excluding steroid dienone is 2. The maximum Gasteiger partial charge on any atom is 0.417 e. The number of aromatic nitrogens is 1. The number of carbonyl (C=O) groups is 1. The molecule has 7 heteroatoms. The van der Waals surface area contributed by atoms with Gasteiger partial charge in [0.15, 0.2) is 0 Å². The molecule has 0 saturated carbocycles. The zero-order valence-electron chi connectivity index (χ0n) is 12.3. The Morgan fingerprint density at radius 1 is 1.39 bits per heavy atom. The van der Waals surface area contributed by atoms with E-state index in [0.29, 0.717) is 12.1 Å².